The molecular formula is H9Ge6O6Y. The molecule has 13 heteroatoms. The molecule has 13 heavy (non-hydrogen) atoms. The van der Waals surface area contributed by atoms with Crippen molar-refractivity contribution < 1.29 is 56.4 Å². The zero-order chi connectivity index (χ0) is 8.12. The van der Waals surface area contributed by atoms with Crippen LogP contribution in [0.25, 0.3) is 0 Å². The van der Waals surface area contributed by atoms with Crippen molar-refractivity contribution in [3.63, 3.8) is 0 Å². The van der Waals surface area contributed by atoms with Crippen LogP contribution < -0.4 is 12.4 Å². The minimum atomic E-state index is -2.00. The van der Waals surface area contributed by atoms with Gasteiger partial charge in [0.05, 0.1) is 0 Å². The Morgan fingerprint density at radius 3 is 0.615 bits per heavy atom. The third-order valence-electron chi connectivity index (χ3n) is 0. The zero-order valence-corrected chi connectivity index (χ0v) is 29.2. The van der Waals surface area contributed by atoms with Crippen LogP contribution in [0.15, 0.2) is 0 Å². The van der Waals surface area contributed by atoms with Gasteiger partial charge in [-0.1, -0.05) is 0 Å². The molecule has 0 amide bonds. The molecule has 0 N–H and O–H groups in total. The second kappa shape index (κ2) is 80.1. The molecule has 6 nitrogen and oxygen atoms in total. The molecule has 0 saturated carbocycles. The molecule has 0 aromatic heterocycles. The minimum Gasteiger partial charge on any atom is 3.00 e. The minimum absolute atomic E-state index is 0. The summed E-state index contributed by atoms with van der Waals surface area (Å²) < 4.78 is 51.0. The van der Waals surface area contributed by atoms with E-state index in [4.69, 9.17) is 23.7 Å². The summed E-state index contributed by atoms with van der Waals surface area (Å²) in [6.07, 6.45) is 0. The van der Waals surface area contributed by atoms with E-state index in [1.54, 1.807) is 0 Å². The average Bonchev–Trinajstić information content (AvgIpc) is 1.70. The van der Waals surface area contributed by atoms with E-state index in [9.17, 15) is 0 Å². The summed E-state index contributed by atoms with van der Waals surface area (Å²) in [7, 11) is 0. The molecule has 0 fully saturated rings. The van der Waals surface area contributed by atoms with Crippen molar-refractivity contribution in [2.75, 3.05) is 0 Å². The third-order valence-corrected chi connectivity index (χ3v) is 0. The maximum Gasteiger partial charge on any atom is 3.00 e. The van der Waals surface area contributed by atoms with Crippen LogP contribution in [0.5, 0.6) is 0 Å². The van der Waals surface area contributed by atoms with Gasteiger partial charge in [0.1, 0.15) is 0 Å². The van der Waals surface area contributed by atoms with E-state index in [2.05, 4.69) is 0 Å². The van der Waals surface area contributed by atoms with E-state index >= 15 is 0 Å². The summed E-state index contributed by atoms with van der Waals surface area (Å²) in [6, 6.07) is 0. The molecule has 0 atom stereocenters. The summed E-state index contributed by atoms with van der Waals surface area (Å²) in [5.41, 5.74) is 0. The summed E-state index contributed by atoms with van der Waals surface area (Å²) in [4.78, 5) is 0. The van der Waals surface area contributed by atoms with Crippen LogP contribution in [0.1, 0.15) is 0 Å². The van der Waals surface area contributed by atoms with Gasteiger partial charge in [0.25, 0.3) is 0 Å². The summed E-state index contributed by atoms with van der Waals surface area (Å²) in [5, 5.41) is 0. The molecular weight excluding hydrogens is 621 g/mol. The van der Waals surface area contributed by atoms with Gasteiger partial charge in [0.15, 0.2) is 0 Å². The average molecular weight is 630 g/mol. The first kappa shape index (κ1) is 44.3. The van der Waals surface area contributed by atoms with E-state index in [0.717, 1.165) is 0 Å². The fourth-order valence-corrected chi connectivity index (χ4v) is 0. The Bertz CT molecular complexity index is 53.9. The Balaban J connectivity index is -0.00000000720. The second-order valence-corrected chi connectivity index (χ2v) is 1.30. The molecule has 0 aliphatic rings. The van der Waals surface area contributed by atoms with Gasteiger partial charge in [-0.05, 0) is 0 Å². The smallest absolute Gasteiger partial charge is 3.00 e. The molecule has 0 spiro atoms. The standard InChI is InChI=1S/3GeO2.3GeH3.Y/c3*2-1-3;;;;/h;;;3*1H3;/q3*-1;;;;+3. The Labute approximate surface area is 153 Å². The van der Waals surface area contributed by atoms with E-state index in [-0.39, 0.29) is 85.5 Å². The summed E-state index contributed by atoms with van der Waals surface area (Å²) in [6.45, 7) is 0. The first-order valence-corrected chi connectivity index (χ1v) is 6.36. The molecule has 0 saturated heterocycles. The predicted octanol–water partition coefficient (Wildman–Crippen LogP) is -8.62. The van der Waals surface area contributed by atoms with Gasteiger partial charge >= 0.3 is 156 Å². The van der Waals surface area contributed by atoms with Crippen molar-refractivity contribution in [3.05, 3.63) is 0 Å². The third kappa shape index (κ3) is 263. The second-order valence-electron chi connectivity index (χ2n) is 0.250. The van der Waals surface area contributed by atoms with Crippen LogP contribution in [0, 0.1) is 0 Å². The fourth-order valence-electron chi connectivity index (χ4n) is 0. The first-order chi connectivity index (χ1) is 4.24. The van der Waals surface area contributed by atoms with Gasteiger partial charge < -0.3 is 0 Å². The first-order valence-electron chi connectivity index (χ1n) is 1.22. The molecule has 6 radical (unpaired) electrons. The normalized spacial score (nSPS) is 2.77. The zero-order valence-electron chi connectivity index (χ0n) is 7.53. The predicted molar refractivity (Wildman–Crippen MR) is 49.1 cm³/mol. The van der Waals surface area contributed by atoms with Gasteiger partial charge in [0, 0.05) is 0 Å². The van der Waals surface area contributed by atoms with Crippen molar-refractivity contribution >= 4 is 99.9 Å². The SMILES string of the molecule is [GeH3].[GeH3].[GeH3].[O]=[Ge][O-].[O]=[Ge][O-].[O]=[Ge][O-].[Y+3]. The molecule has 0 rings (SSSR count). The quantitative estimate of drug-likeness (QED) is 0.246. The summed E-state index contributed by atoms with van der Waals surface area (Å²) >= 11 is -6.00. The van der Waals surface area contributed by atoms with Gasteiger partial charge in [0.2, 0.25) is 0 Å². The van der Waals surface area contributed by atoms with Crippen molar-refractivity contribution in [2.24, 2.45) is 0 Å². The van der Waals surface area contributed by atoms with Gasteiger partial charge in [-0.3, -0.25) is 0 Å². The van der Waals surface area contributed by atoms with E-state index < -0.39 is 47.1 Å². The molecule has 0 aromatic carbocycles. The van der Waals surface area contributed by atoms with Gasteiger partial charge in [-0.15, -0.1) is 0 Å². The Morgan fingerprint density at radius 1 is 0.615 bits per heavy atom. The molecule has 0 aliphatic carbocycles. The van der Waals surface area contributed by atoms with Gasteiger partial charge in [-0.2, -0.15) is 0 Å². The Hall–Kier alpha value is 3.16. The molecule has 0 aliphatic heterocycles. The van der Waals surface area contributed by atoms with Crippen LogP contribution in [-0.4, -0.2) is 99.9 Å². The van der Waals surface area contributed by atoms with Crippen molar-refractivity contribution in [2.45, 2.75) is 0 Å². The van der Waals surface area contributed by atoms with E-state index in [0.29, 0.717) is 0 Å². The van der Waals surface area contributed by atoms with Crippen LogP contribution in [0.2, 0.25) is 0 Å². The van der Waals surface area contributed by atoms with Crippen LogP contribution in [0.4, 0.5) is 0 Å². The van der Waals surface area contributed by atoms with Crippen molar-refractivity contribution in [1.82, 2.24) is 0 Å². The maximum absolute atomic E-state index is 8.50. The molecule has 0 heterocycles. The topological polar surface area (TPSA) is 120 Å². The van der Waals surface area contributed by atoms with Crippen molar-refractivity contribution in [3.8, 4) is 0 Å². The number of rotatable bonds is 0. The monoisotopic (exact) mass is 637 g/mol. The summed E-state index contributed by atoms with van der Waals surface area (Å²) in [5.74, 6) is 0. The van der Waals surface area contributed by atoms with Gasteiger partial charge in [-0.25, -0.2) is 0 Å². The van der Waals surface area contributed by atoms with E-state index in [1.807, 2.05) is 0 Å². The Kier molecular flexibility index (Phi) is 273. The number of hydrogen-bond acceptors (Lipinski definition) is 6. The molecule has 0 unspecified atom stereocenters. The van der Waals surface area contributed by atoms with Crippen molar-refractivity contribution in [1.29, 1.82) is 0 Å². The Morgan fingerprint density at radius 2 is 0.615 bits per heavy atom. The molecule has 72 valence electrons. The van der Waals surface area contributed by atoms with E-state index in [1.165, 1.54) is 0 Å². The number of hydrogen-bond donors (Lipinski definition) is 0. The van der Waals surface area contributed by atoms with Crippen LogP contribution in [0.3, 0.4) is 0 Å². The molecule has 0 bridgehead atoms. The molecule has 0 aromatic rings. The van der Waals surface area contributed by atoms with Crippen LogP contribution >= 0.6 is 0 Å². The van der Waals surface area contributed by atoms with Crippen LogP contribution in [-0.2, 0) is 44.0 Å². The fraction of sp³-hybridized carbons (Fsp3) is 0. The maximum atomic E-state index is 8.50. The largest absolute Gasteiger partial charge is 3.00 e.